The second-order valence-corrected chi connectivity index (χ2v) is 13.4. The van der Waals surface area contributed by atoms with Crippen LogP contribution in [-0.2, 0) is 4.74 Å². The van der Waals surface area contributed by atoms with Crippen molar-refractivity contribution >= 4 is 8.07 Å². The third kappa shape index (κ3) is 4.72. The third-order valence-corrected chi connectivity index (χ3v) is 5.45. The number of hydrogen-bond acceptors (Lipinski definition) is 2. The first-order chi connectivity index (χ1) is 7.54. The average Bonchev–Trinajstić information content (AvgIpc) is 2.41. The van der Waals surface area contributed by atoms with E-state index in [1.807, 2.05) is 0 Å². The Kier molecular flexibility index (Phi) is 4.49. The van der Waals surface area contributed by atoms with Gasteiger partial charge in [-0.25, -0.2) is 0 Å². The molecule has 0 amide bonds. The molecule has 0 spiro atoms. The maximum atomic E-state index is 5.86. The Morgan fingerprint density at radius 1 is 1.29 bits per heavy atom. The van der Waals surface area contributed by atoms with Crippen molar-refractivity contribution in [3.63, 3.8) is 0 Å². The Labute approximate surface area is 109 Å². The van der Waals surface area contributed by atoms with Crippen LogP contribution in [0.3, 0.4) is 0 Å². The van der Waals surface area contributed by atoms with Crippen LogP contribution in [0.25, 0.3) is 0 Å². The van der Waals surface area contributed by atoms with Gasteiger partial charge in [0.2, 0.25) is 0 Å². The van der Waals surface area contributed by atoms with Gasteiger partial charge in [0, 0.05) is 32.2 Å². The van der Waals surface area contributed by atoms with Crippen molar-refractivity contribution in [3.8, 4) is 0 Å². The highest BCUT2D eigenvalue weighted by molar-refractivity contribution is 6.76. The molecule has 0 aromatic carbocycles. The summed E-state index contributed by atoms with van der Waals surface area (Å²) in [7, 11) is -1.05. The molecule has 0 aromatic rings. The van der Waals surface area contributed by atoms with E-state index in [1.54, 1.807) is 0 Å². The van der Waals surface area contributed by atoms with Gasteiger partial charge < -0.3 is 10.1 Å². The van der Waals surface area contributed by atoms with Crippen LogP contribution in [0.1, 0.15) is 34.1 Å². The summed E-state index contributed by atoms with van der Waals surface area (Å²) in [6, 6.07) is 1.37. The van der Waals surface area contributed by atoms with Gasteiger partial charge in [-0.05, 0) is 40.2 Å². The lowest BCUT2D eigenvalue weighted by atomic mass is 9.83. The minimum atomic E-state index is -1.05. The second kappa shape index (κ2) is 5.02. The maximum absolute atomic E-state index is 5.86. The highest BCUT2D eigenvalue weighted by Crippen LogP contribution is 2.42. The van der Waals surface area contributed by atoms with E-state index in [2.05, 4.69) is 52.7 Å². The van der Waals surface area contributed by atoms with Gasteiger partial charge in [0.25, 0.3) is 0 Å². The van der Waals surface area contributed by atoms with E-state index >= 15 is 0 Å². The molecule has 102 valence electrons. The van der Waals surface area contributed by atoms with Crippen molar-refractivity contribution < 1.29 is 4.74 Å². The van der Waals surface area contributed by atoms with Crippen molar-refractivity contribution in [2.75, 3.05) is 13.2 Å². The van der Waals surface area contributed by atoms with Crippen molar-refractivity contribution in [1.29, 1.82) is 0 Å². The van der Waals surface area contributed by atoms with Gasteiger partial charge in [-0.15, -0.1) is 0 Å². The van der Waals surface area contributed by atoms with Crippen LogP contribution in [0.4, 0.5) is 0 Å². The molecule has 1 saturated heterocycles. The summed E-state index contributed by atoms with van der Waals surface area (Å²) in [5.41, 5.74) is 0.576. The lowest BCUT2D eigenvalue weighted by molar-refractivity contribution is 0.0681. The first kappa shape index (κ1) is 15.2. The number of nitrogens with one attached hydrogen (secondary N) is 1. The fourth-order valence-corrected chi connectivity index (χ4v) is 5.54. The molecule has 17 heavy (non-hydrogen) atoms. The van der Waals surface area contributed by atoms with E-state index in [0.717, 1.165) is 13.2 Å². The molecule has 2 nitrogen and oxygen atoms in total. The topological polar surface area (TPSA) is 21.3 Å². The highest BCUT2D eigenvalue weighted by Gasteiger charge is 2.44. The zero-order valence-corrected chi connectivity index (χ0v) is 13.8. The van der Waals surface area contributed by atoms with Gasteiger partial charge in [0.1, 0.15) is 0 Å². The van der Waals surface area contributed by atoms with Crippen LogP contribution in [-0.4, -0.2) is 32.9 Å². The first-order valence-corrected chi connectivity index (χ1v) is 10.6. The third-order valence-electron chi connectivity index (χ3n) is 3.68. The fourth-order valence-electron chi connectivity index (χ4n) is 2.84. The van der Waals surface area contributed by atoms with Crippen LogP contribution >= 0.6 is 0 Å². The Morgan fingerprint density at radius 3 is 2.24 bits per heavy atom. The molecule has 0 bridgehead atoms. The summed E-state index contributed by atoms with van der Waals surface area (Å²) in [6.45, 7) is 18.4. The lowest BCUT2D eigenvalue weighted by Gasteiger charge is -2.39. The van der Waals surface area contributed by atoms with Gasteiger partial charge in [0.05, 0.1) is 6.10 Å². The minimum Gasteiger partial charge on any atom is -0.378 e. The summed E-state index contributed by atoms with van der Waals surface area (Å²) < 4.78 is 5.86. The number of hydrogen-bond donors (Lipinski definition) is 1. The monoisotopic (exact) mass is 257 g/mol. The van der Waals surface area contributed by atoms with Crippen LogP contribution in [0.5, 0.6) is 0 Å². The summed E-state index contributed by atoms with van der Waals surface area (Å²) in [4.78, 5) is 0. The van der Waals surface area contributed by atoms with E-state index in [-0.39, 0.29) is 5.54 Å². The Bertz CT molecular complexity index is 254. The summed E-state index contributed by atoms with van der Waals surface area (Å²) >= 11 is 0. The van der Waals surface area contributed by atoms with E-state index in [0.29, 0.717) is 11.5 Å². The Balaban J connectivity index is 2.73. The van der Waals surface area contributed by atoms with Gasteiger partial charge in [-0.1, -0.05) is 19.6 Å². The molecule has 1 rings (SSSR count). The molecule has 1 aliphatic heterocycles. The van der Waals surface area contributed by atoms with E-state index < -0.39 is 8.07 Å². The summed E-state index contributed by atoms with van der Waals surface area (Å²) in [5, 5.41) is 3.70. The van der Waals surface area contributed by atoms with Gasteiger partial charge in [0.15, 0.2) is 0 Å². The molecule has 3 heteroatoms. The zero-order valence-electron chi connectivity index (χ0n) is 12.8. The van der Waals surface area contributed by atoms with E-state index in [9.17, 15) is 0 Å². The quantitative estimate of drug-likeness (QED) is 0.778. The molecular formula is C14H31NOSi. The normalized spacial score (nSPS) is 30.9. The maximum Gasteiger partial charge on any atom is 0.0613 e. The Hall–Kier alpha value is 0.137. The molecule has 2 unspecified atom stereocenters. The van der Waals surface area contributed by atoms with E-state index in [4.69, 9.17) is 4.74 Å². The fraction of sp³-hybridized carbons (Fsp3) is 1.00. The van der Waals surface area contributed by atoms with E-state index in [1.165, 1.54) is 12.5 Å². The van der Waals surface area contributed by atoms with Gasteiger partial charge >= 0.3 is 0 Å². The predicted molar refractivity (Wildman–Crippen MR) is 78.4 cm³/mol. The van der Waals surface area contributed by atoms with Gasteiger partial charge in [-0.2, -0.15) is 0 Å². The molecule has 0 saturated carbocycles. The van der Waals surface area contributed by atoms with Crippen molar-refractivity contribution in [2.24, 2.45) is 5.41 Å². The van der Waals surface area contributed by atoms with Crippen molar-refractivity contribution in [3.05, 3.63) is 0 Å². The average molecular weight is 257 g/mol. The molecule has 1 heterocycles. The zero-order chi connectivity index (χ0) is 13.3. The Morgan fingerprint density at radius 2 is 1.88 bits per heavy atom. The van der Waals surface area contributed by atoms with Crippen LogP contribution in [0, 0.1) is 5.41 Å². The number of rotatable bonds is 4. The summed E-state index contributed by atoms with van der Waals surface area (Å²) in [5.74, 6) is 0. The van der Waals surface area contributed by atoms with Crippen molar-refractivity contribution in [2.45, 2.75) is 71.4 Å². The molecule has 2 atom stereocenters. The standard InChI is InChI=1S/C14H31NOSi/c1-12-14(8-9-16-12,11-17(5,6)7)10-15-13(2,3)4/h12,15H,8-11H2,1-7H3. The molecule has 1 N–H and O–H groups in total. The molecule has 0 radical (unpaired) electrons. The molecule has 0 aliphatic carbocycles. The minimum absolute atomic E-state index is 0.203. The van der Waals surface area contributed by atoms with Crippen molar-refractivity contribution in [1.82, 2.24) is 5.32 Å². The molecule has 0 aromatic heterocycles. The largest absolute Gasteiger partial charge is 0.378 e. The smallest absolute Gasteiger partial charge is 0.0613 e. The first-order valence-electron chi connectivity index (χ1n) is 6.91. The summed E-state index contributed by atoms with van der Waals surface area (Å²) in [6.07, 6.45) is 1.63. The molecule has 1 aliphatic rings. The van der Waals surface area contributed by atoms with Crippen LogP contribution in [0.2, 0.25) is 25.7 Å². The SMILES string of the molecule is CC1OCCC1(CNC(C)(C)C)C[Si](C)(C)C. The number of ether oxygens (including phenoxy) is 1. The van der Waals surface area contributed by atoms with Gasteiger partial charge in [-0.3, -0.25) is 0 Å². The van der Waals surface area contributed by atoms with Crippen LogP contribution < -0.4 is 5.32 Å². The predicted octanol–water partition coefficient (Wildman–Crippen LogP) is 3.51. The molecule has 1 fully saturated rings. The molecular weight excluding hydrogens is 226 g/mol. The van der Waals surface area contributed by atoms with Crippen LogP contribution in [0.15, 0.2) is 0 Å². The highest BCUT2D eigenvalue weighted by atomic mass is 28.3. The lowest BCUT2D eigenvalue weighted by Crippen LogP contribution is -2.49. The second-order valence-electron chi connectivity index (χ2n) is 7.97.